The monoisotopic (exact) mass is 488 g/mol. The SMILES string of the molecule is CC(C)OC1CCC(OC(C)C)[C@@H]2[C@H]3CCCC[C@@H]3C[C@@H]2NCCCNC2C[C@H]3CCCC[C@@H]3[C@H]21. The van der Waals surface area contributed by atoms with Crippen molar-refractivity contribution < 1.29 is 9.47 Å². The van der Waals surface area contributed by atoms with Crippen molar-refractivity contribution in [2.45, 2.75) is 148 Å². The minimum Gasteiger partial charge on any atom is -0.375 e. The average Bonchev–Trinajstić information content (AvgIpc) is 3.37. The van der Waals surface area contributed by atoms with E-state index in [1.54, 1.807) is 0 Å². The second-order valence-electron chi connectivity index (χ2n) is 13.5. The third-order valence-electron chi connectivity index (χ3n) is 10.6. The molecule has 1 saturated heterocycles. The van der Waals surface area contributed by atoms with Crippen LogP contribution in [0.5, 0.6) is 0 Å². The lowest BCUT2D eigenvalue weighted by Gasteiger charge is -2.39. The van der Waals surface area contributed by atoms with Crippen molar-refractivity contribution in [3.05, 3.63) is 0 Å². The maximum Gasteiger partial charge on any atom is 0.0625 e. The zero-order valence-electron chi connectivity index (χ0n) is 23.4. The fourth-order valence-corrected chi connectivity index (χ4v) is 9.54. The molecule has 5 aliphatic rings. The lowest BCUT2D eigenvalue weighted by atomic mass is 9.73. The van der Waals surface area contributed by atoms with Crippen molar-refractivity contribution in [1.82, 2.24) is 10.6 Å². The van der Waals surface area contributed by atoms with Crippen molar-refractivity contribution in [1.29, 1.82) is 0 Å². The lowest BCUT2D eigenvalue weighted by Crippen LogP contribution is -2.44. The highest BCUT2D eigenvalue weighted by Gasteiger charge is 2.50. The van der Waals surface area contributed by atoms with Gasteiger partial charge in [0.15, 0.2) is 0 Å². The minimum absolute atomic E-state index is 0.298. The second kappa shape index (κ2) is 12.1. The summed E-state index contributed by atoms with van der Waals surface area (Å²) >= 11 is 0. The predicted octanol–water partition coefficient (Wildman–Crippen LogP) is 6.33. The smallest absolute Gasteiger partial charge is 0.0625 e. The largest absolute Gasteiger partial charge is 0.375 e. The normalized spacial score (nSPS) is 45.1. The van der Waals surface area contributed by atoms with Gasteiger partial charge in [0.05, 0.1) is 24.4 Å². The lowest BCUT2D eigenvalue weighted by molar-refractivity contribution is -0.0819. The number of rotatable bonds is 4. The molecule has 4 aliphatic carbocycles. The molecule has 4 saturated carbocycles. The Morgan fingerprint density at radius 1 is 0.543 bits per heavy atom. The molecule has 0 aromatic carbocycles. The van der Waals surface area contributed by atoms with E-state index in [4.69, 9.17) is 9.47 Å². The minimum atomic E-state index is 0.298. The van der Waals surface area contributed by atoms with Crippen LogP contribution in [0.2, 0.25) is 0 Å². The van der Waals surface area contributed by atoms with Crippen molar-refractivity contribution in [2.75, 3.05) is 13.1 Å². The molecule has 1 heterocycles. The quantitative estimate of drug-likeness (QED) is 0.485. The van der Waals surface area contributed by atoms with Gasteiger partial charge in [0, 0.05) is 23.9 Å². The molecule has 4 heteroatoms. The molecule has 0 aromatic rings. The molecule has 10 atom stereocenters. The Hall–Kier alpha value is -0.160. The van der Waals surface area contributed by atoms with Gasteiger partial charge in [-0.2, -0.15) is 0 Å². The molecule has 3 unspecified atom stereocenters. The van der Waals surface area contributed by atoms with Crippen molar-refractivity contribution >= 4 is 0 Å². The van der Waals surface area contributed by atoms with Gasteiger partial charge in [-0.25, -0.2) is 0 Å². The maximum absolute atomic E-state index is 6.85. The Kier molecular flexibility index (Phi) is 9.17. The van der Waals surface area contributed by atoms with Crippen molar-refractivity contribution in [2.24, 2.45) is 35.5 Å². The molecule has 0 radical (unpaired) electrons. The van der Waals surface area contributed by atoms with E-state index in [0.717, 1.165) is 36.8 Å². The first-order valence-electron chi connectivity index (χ1n) is 15.8. The molecule has 0 aromatic heterocycles. The third-order valence-corrected chi connectivity index (χ3v) is 10.6. The highest BCUT2D eigenvalue weighted by Crippen LogP contribution is 2.51. The average molecular weight is 489 g/mol. The number of hydrogen-bond donors (Lipinski definition) is 2. The molecule has 0 bridgehead atoms. The summed E-state index contributed by atoms with van der Waals surface area (Å²) in [7, 11) is 0. The number of fused-ring (bicyclic) bond motifs is 6. The molecule has 5 rings (SSSR count). The van der Waals surface area contributed by atoms with Gasteiger partial charge < -0.3 is 20.1 Å². The summed E-state index contributed by atoms with van der Waals surface area (Å²) in [5.74, 6) is 4.91. The fraction of sp³-hybridized carbons (Fsp3) is 1.00. The van der Waals surface area contributed by atoms with E-state index in [9.17, 15) is 0 Å². The fourth-order valence-electron chi connectivity index (χ4n) is 9.54. The molecular weight excluding hydrogens is 432 g/mol. The van der Waals surface area contributed by atoms with E-state index in [0.29, 0.717) is 48.3 Å². The van der Waals surface area contributed by atoms with Gasteiger partial charge >= 0.3 is 0 Å². The van der Waals surface area contributed by atoms with Crippen LogP contribution in [0, 0.1) is 35.5 Å². The van der Waals surface area contributed by atoms with Crippen molar-refractivity contribution in [3.63, 3.8) is 0 Å². The summed E-state index contributed by atoms with van der Waals surface area (Å²) in [6, 6.07) is 1.28. The Bertz CT molecular complexity index is 600. The van der Waals surface area contributed by atoms with Gasteiger partial charge in [-0.1, -0.05) is 38.5 Å². The Morgan fingerprint density at radius 3 is 1.40 bits per heavy atom. The van der Waals surface area contributed by atoms with E-state index in [1.807, 2.05) is 0 Å². The topological polar surface area (TPSA) is 42.5 Å². The van der Waals surface area contributed by atoms with Crippen LogP contribution in [0.25, 0.3) is 0 Å². The van der Waals surface area contributed by atoms with Crippen LogP contribution in [0.4, 0.5) is 0 Å². The molecule has 0 amide bonds. The maximum atomic E-state index is 6.85. The Morgan fingerprint density at radius 2 is 0.971 bits per heavy atom. The molecule has 1 aliphatic heterocycles. The van der Waals surface area contributed by atoms with Gasteiger partial charge in [-0.3, -0.25) is 0 Å². The number of ether oxygens (including phenoxy) is 2. The van der Waals surface area contributed by atoms with Crippen LogP contribution >= 0.6 is 0 Å². The van der Waals surface area contributed by atoms with Crippen LogP contribution in [0.1, 0.15) is 111 Å². The van der Waals surface area contributed by atoms with Gasteiger partial charge in [-0.05, 0) is 109 Å². The van der Waals surface area contributed by atoms with Gasteiger partial charge in [0.25, 0.3) is 0 Å². The van der Waals surface area contributed by atoms with Crippen LogP contribution in [0.15, 0.2) is 0 Å². The second-order valence-corrected chi connectivity index (χ2v) is 13.5. The van der Waals surface area contributed by atoms with Crippen LogP contribution in [-0.4, -0.2) is 49.6 Å². The number of nitrogens with one attached hydrogen (secondary N) is 2. The van der Waals surface area contributed by atoms with Gasteiger partial charge in [0.1, 0.15) is 0 Å². The molecule has 0 spiro atoms. The standard InChI is InChI=1S/C31H56N2O2/c1-20(2)34-28-14-15-29(35-21(3)4)31-25-13-8-6-11-23(25)19-27(31)33-17-9-16-32-26-18-22-10-5-7-12-24(22)30(26)28/h20-33H,5-19H2,1-4H3/t22-,23-,24+,25+,26+,27?,28?,29?,30-,31-/m1/s1. The summed E-state index contributed by atoms with van der Waals surface area (Å²) < 4.78 is 13.7. The van der Waals surface area contributed by atoms with E-state index in [-0.39, 0.29) is 0 Å². The summed E-state index contributed by atoms with van der Waals surface area (Å²) in [5, 5.41) is 8.16. The molecular formula is C31H56N2O2. The Balaban J connectivity index is 1.41. The zero-order valence-corrected chi connectivity index (χ0v) is 23.4. The van der Waals surface area contributed by atoms with Crippen LogP contribution in [0.3, 0.4) is 0 Å². The Labute approximate surface area is 216 Å². The zero-order chi connectivity index (χ0) is 24.4. The van der Waals surface area contributed by atoms with Gasteiger partial charge in [0.2, 0.25) is 0 Å². The van der Waals surface area contributed by atoms with E-state index >= 15 is 0 Å². The number of hydrogen-bond acceptors (Lipinski definition) is 4. The molecule has 202 valence electrons. The first-order valence-corrected chi connectivity index (χ1v) is 15.8. The first kappa shape index (κ1) is 26.4. The highest BCUT2D eigenvalue weighted by molar-refractivity contribution is 5.03. The van der Waals surface area contributed by atoms with E-state index in [1.165, 1.54) is 83.5 Å². The molecule has 5 fully saturated rings. The first-order chi connectivity index (χ1) is 17.0. The van der Waals surface area contributed by atoms with Crippen LogP contribution < -0.4 is 10.6 Å². The van der Waals surface area contributed by atoms with Gasteiger partial charge in [-0.15, -0.1) is 0 Å². The third kappa shape index (κ3) is 6.13. The van der Waals surface area contributed by atoms with E-state index in [2.05, 4.69) is 38.3 Å². The predicted molar refractivity (Wildman–Crippen MR) is 145 cm³/mol. The molecule has 4 nitrogen and oxygen atoms in total. The summed E-state index contributed by atoms with van der Waals surface area (Å²) in [6.45, 7) is 11.3. The van der Waals surface area contributed by atoms with E-state index < -0.39 is 0 Å². The summed E-state index contributed by atoms with van der Waals surface area (Å²) in [4.78, 5) is 0. The molecule has 2 N–H and O–H groups in total. The van der Waals surface area contributed by atoms with Crippen molar-refractivity contribution in [3.8, 4) is 0 Å². The van der Waals surface area contributed by atoms with Crippen LogP contribution in [-0.2, 0) is 9.47 Å². The highest BCUT2D eigenvalue weighted by atomic mass is 16.5. The summed E-state index contributed by atoms with van der Waals surface area (Å²) in [6.07, 6.45) is 19.1. The molecule has 35 heavy (non-hydrogen) atoms. The summed E-state index contributed by atoms with van der Waals surface area (Å²) in [5.41, 5.74) is 0.